The highest BCUT2D eigenvalue weighted by Crippen LogP contribution is 2.13. The molecular formula is C9H14N4O3. The van der Waals surface area contributed by atoms with Crippen molar-refractivity contribution in [2.24, 2.45) is 18.7 Å². The van der Waals surface area contributed by atoms with E-state index in [0.29, 0.717) is 5.82 Å². The van der Waals surface area contributed by atoms with Crippen LogP contribution in [0.25, 0.3) is 0 Å². The first-order valence-corrected chi connectivity index (χ1v) is 4.71. The number of nitrogens with two attached hydrogens (primary N) is 1. The average Bonchev–Trinajstić information content (AvgIpc) is 2.59. The molecule has 0 spiro atoms. The molecule has 1 heterocycles. The molecule has 0 aliphatic heterocycles. The van der Waals surface area contributed by atoms with Gasteiger partial charge in [-0.25, -0.2) is 4.79 Å². The molecule has 16 heavy (non-hydrogen) atoms. The zero-order chi connectivity index (χ0) is 12.3. The molecule has 2 amide bonds. The van der Waals surface area contributed by atoms with E-state index >= 15 is 0 Å². The van der Waals surface area contributed by atoms with Crippen molar-refractivity contribution >= 4 is 17.8 Å². The van der Waals surface area contributed by atoms with Gasteiger partial charge in [-0.05, 0) is 0 Å². The number of aliphatic carboxylic acids is 1. The summed E-state index contributed by atoms with van der Waals surface area (Å²) >= 11 is 0. The van der Waals surface area contributed by atoms with E-state index in [1.807, 2.05) is 0 Å². The molecular weight excluding hydrogens is 212 g/mol. The molecule has 0 saturated heterocycles. The highest BCUT2D eigenvalue weighted by molar-refractivity contribution is 5.90. The van der Waals surface area contributed by atoms with Gasteiger partial charge < -0.3 is 10.8 Å². The summed E-state index contributed by atoms with van der Waals surface area (Å²) in [6.45, 7) is 1.53. The second kappa shape index (κ2) is 4.65. The van der Waals surface area contributed by atoms with Crippen LogP contribution in [-0.4, -0.2) is 33.4 Å². The third-order valence-electron chi connectivity index (χ3n) is 2.22. The van der Waals surface area contributed by atoms with Crippen LogP contribution in [0.3, 0.4) is 0 Å². The Hall–Kier alpha value is -2.05. The number of carbonyl (C=O) groups excluding carboxylic acids is 1. The maximum absolute atomic E-state index is 11.2. The number of primary amides is 1. The Labute approximate surface area is 92.4 Å². The Morgan fingerprint density at radius 3 is 2.69 bits per heavy atom. The van der Waals surface area contributed by atoms with Gasteiger partial charge in [0.05, 0.1) is 12.1 Å². The summed E-state index contributed by atoms with van der Waals surface area (Å²) in [7, 11) is 1.65. The van der Waals surface area contributed by atoms with Crippen molar-refractivity contribution in [1.82, 2.24) is 9.78 Å². The summed E-state index contributed by atoms with van der Waals surface area (Å²) in [5.41, 5.74) is 5.20. The van der Waals surface area contributed by atoms with Crippen LogP contribution >= 0.6 is 0 Å². The first-order chi connectivity index (χ1) is 7.43. The lowest BCUT2D eigenvalue weighted by Gasteiger charge is -2.21. The molecule has 0 fully saturated rings. The molecule has 3 N–H and O–H groups in total. The molecule has 0 aromatic carbocycles. The third kappa shape index (κ3) is 2.50. The van der Waals surface area contributed by atoms with Crippen LogP contribution in [-0.2, 0) is 11.8 Å². The molecule has 1 aromatic heterocycles. The van der Waals surface area contributed by atoms with E-state index in [9.17, 15) is 9.59 Å². The topological polar surface area (TPSA) is 101 Å². The van der Waals surface area contributed by atoms with Crippen LogP contribution in [0, 0.1) is 5.92 Å². The van der Waals surface area contributed by atoms with Crippen molar-refractivity contribution in [2.75, 3.05) is 11.4 Å². The highest BCUT2D eigenvalue weighted by Gasteiger charge is 2.21. The SMILES string of the molecule is CC(CN(C(N)=O)c1ccnn1C)C(=O)O. The van der Waals surface area contributed by atoms with Crippen molar-refractivity contribution in [3.63, 3.8) is 0 Å². The average molecular weight is 226 g/mol. The van der Waals surface area contributed by atoms with Crippen LogP contribution in [0.4, 0.5) is 10.6 Å². The molecule has 1 rings (SSSR count). The number of urea groups is 1. The Balaban J connectivity index is 2.89. The number of hydrogen-bond donors (Lipinski definition) is 2. The standard InChI is InChI=1S/C9H14N4O3/c1-6(8(14)15)5-13(9(10)16)7-3-4-11-12(7)2/h3-4,6H,5H2,1-2H3,(H2,10,16)(H,14,15). The lowest BCUT2D eigenvalue weighted by molar-refractivity contribution is -0.140. The zero-order valence-electron chi connectivity index (χ0n) is 9.12. The molecule has 1 unspecified atom stereocenters. The van der Waals surface area contributed by atoms with Gasteiger partial charge in [0.1, 0.15) is 5.82 Å². The number of carboxylic acids is 1. The molecule has 0 aliphatic carbocycles. The van der Waals surface area contributed by atoms with E-state index in [1.54, 1.807) is 13.1 Å². The van der Waals surface area contributed by atoms with Gasteiger partial charge in [-0.1, -0.05) is 6.92 Å². The van der Waals surface area contributed by atoms with Crippen molar-refractivity contribution in [3.05, 3.63) is 12.3 Å². The fourth-order valence-corrected chi connectivity index (χ4v) is 1.28. The van der Waals surface area contributed by atoms with Crippen LogP contribution in [0.1, 0.15) is 6.92 Å². The van der Waals surface area contributed by atoms with Gasteiger partial charge in [-0.3, -0.25) is 14.4 Å². The molecule has 7 heteroatoms. The number of rotatable bonds is 4. The maximum atomic E-state index is 11.2. The van der Waals surface area contributed by atoms with Crippen LogP contribution < -0.4 is 10.6 Å². The summed E-state index contributed by atoms with van der Waals surface area (Å²) in [6.07, 6.45) is 1.51. The molecule has 0 saturated carbocycles. The molecule has 1 atom stereocenters. The Morgan fingerprint density at radius 2 is 2.31 bits per heavy atom. The summed E-state index contributed by atoms with van der Waals surface area (Å²) in [4.78, 5) is 23.1. The van der Waals surface area contributed by atoms with E-state index in [1.165, 1.54) is 22.7 Å². The molecule has 88 valence electrons. The minimum atomic E-state index is -0.978. The smallest absolute Gasteiger partial charge is 0.320 e. The molecule has 7 nitrogen and oxygen atoms in total. The molecule has 0 bridgehead atoms. The molecule has 0 radical (unpaired) electrons. The predicted octanol–water partition coefficient (Wildman–Crippen LogP) is 0.0259. The number of nitrogens with zero attached hydrogens (tertiary/aromatic N) is 3. The number of carboxylic acid groups (broad SMARTS) is 1. The maximum Gasteiger partial charge on any atom is 0.320 e. The first kappa shape index (κ1) is 12.0. The highest BCUT2D eigenvalue weighted by atomic mass is 16.4. The number of anilines is 1. The summed E-state index contributed by atoms with van der Waals surface area (Å²) < 4.78 is 1.46. The zero-order valence-corrected chi connectivity index (χ0v) is 9.12. The minimum Gasteiger partial charge on any atom is -0.481 e. The van der Waals surface area contributed by atoms with Crippen molar-refractivity contribution < 1.29 is 14.7 Å². The fourth-order valence-electron chi connectivity index (χ4n) is 1.28. The summed E-state index contributed by atoms with van der Waals surface area (Å²) in [6, 6.07) is 0.899. The van der Waals surface area contributed by atoms with Crippen molar-refractivity contribution in [3.8, 4) is 0 Å². The van der Waals surface area contributed by atoms with Gasteiger partial charge in [-0.2, -0.15) is 5.10 Å². The number of aromatic nitrogens is 2. The van der Waals surface area contributed by atoms with E-state index in [0.717, 1.165) is 0 Å². The number of carbonyl (C=O) groups is 2. The third-order valence-corrected chi connectivity index (χ3v) is 2.22. The first-order valence-electron chi connectivity index (χ1n) is 4.71. The largest absolute Gasteiger partial charge is 0.481 e. The van der Waals surface area contributed by atoms with Gasteiger partial charge in [-0.15, -0.1) is 0 Å². The van der Waals surface area contributed by atoms with E-state index < -0.39 is 17.9 Å². The summed E-state index contributed by atoms with van der Waals surface area (Å²) in [5.74, 6) is -1.20. The van der Waals surface area contributed by atoms with Crippen molar-refractivity contribution in [1.29, 1.82) is 0 Å². The fraction of sp³-hybridized carbons (Fsp3) is 0.444. The number of amides is 2. The van der Waals surface area contributed by atoms with E-state index in [2.05, 4.69) is 5.10 Å². The minimum absolute atomic E-state index is 0.0181. The summed E-state index contributed by atoms with van der Waals surface area (Å²) in [5, 5.41) is 12.7. The lowest BCUT2D eigenvalue weighted by Crippen LogP contribution is -2.41. The van der Waals surface area contributed by atoms with E-state index in [4.69, 9.17) is 10.8 Å². The predicted molar refractivity (Wildman–Crippen MR) is 56.9 cm³/mol. The second-order valence-electron chi connectivity index (χ2n) is 3.50. The normalized spacial score (nSPS) is 12.1. The Morgan fingerprint density at radius 1 is 1.69 bits per heavy atom. The number of aryl methyl sites for hydroxylation is 1. The van der Waals surface area contributed by atoms with Crippen LogP contribution in [0.5, 0.6) is 0 Å². The van der Waals surface area contributed by atoms with Crippen molar-refractivity contribution in [2.45, 2.75) is 6.92 Å². The molecule has 1 aromatic rings. The van der Waals surface area contributed by atoms with Gasteiger partial charge in [0.15, 0.2) is 0 Å². The quantitative estimate of drug-likeness (QED) is 0.755. The van der Waals surface area contributed by atoms with E-state index in [-0.39, 0.29) is 6.54 Å². The van der Waals surface area contributed by atoms with Gasteiger partial charge in [0.25, 0.3) is 0 Å². The monoisotopic (exact) mass is 226 g/mol. The Bertz CT molecular complexity index is 401. The van der Waals surface area contributed by atoms with Gasteiger partial charge in [0.2, 0.25) is 0 Å². The second-order valence-corrected chi connectivity index (χ2v) is 3.50. The van der Waals surface area contributed by atoms with Gasteiger partial charge in [0, 0.05) is 19.7 Å². The van der Waals surface area contributed by atoms with Gasteiger partial charge >= 0.3 is 12.0 Å². The Kier molecular flexibility index (Phi) is 3.49. The lowest BCUT2D eigenvalue weighted by atomic mass is 10.2. The molecule has 0 aliphatic rings. The van der Waals surface area contributed by atoms with Crippen LogP contribution in [0.2, 0.25) is 0 Å². The number of hydrogen-bond acceptors (Lipinski definition) is 3. The van der Waals surface area contributed by atoms with Crippen LogP contribution in [0.15, 0.2) is 12.3 Å².